The fourth-order valence-corrected chi connectivity index (χ4v) is 3.16. The molecule has 1 N–H and O–H groups in total. The number of thiazole rings is 1. The van der Waals surface area contributed by atoms with Crippen LogP contribution in [0.15, 0.2) is 54.6 Å². The Morgan fingerprint density at radius 2 is 2.08 bits per heavy atom. The van der Waals surface area contributed by atoms with Gasteiger partial charge in [-0.3, -0.25) is 0 Å². The van der Waals surface area contributed by atoms with Crippen molar-refractivity contribution in [2.24, 2.45) is 0 Å². The maximum Gasteiger partial charge on any atom is 0.338 e. The Balaban J connectivity index is 1.65. The number of esters is 1. The SMILES string of the molecule is CCOC(=O)c1ccc2nc(NC/C=C/c3ccccc3)sc2c1. The number of rotatable bonds is 6. The minimum absolute atomic E-state index is 0.298. The van der Waals surface area contributed by atoms with E-state index in [4.69, 9.17) is 4.74 Å². The molecule has 24 heavy (non-hydrogen) atoms. The van der Waals surface area contributed by atoms with Crippen molar-refractivity contribution in [1.82, 2.24) is 4.98 Å². The van der Waals surface area contributed by atoms with Gasteiger partial charge in [0.2, 0.25) is 0 Å². The minimum atomic E-state index is -0.298. The van der Waals surface area contributed by atoms with Crippen LogP contribution < -0.4 is 5.32 Å². The van der Waals surface area contributed by atoms with Gasteiger partial charge in [-0.15, -0.1) is 0 Å². The summed E-state index contributed by atoms with van der Waals surface area (Å²) in [5.74, 6) is -0.298. The van der Waals surface area contributed by atoms with Gasteiger partial charge in [-0.2, -0.15) is 0 Å². The van der Waals surface area contributed by atoms with Gasteiger partial charge < -0.3 is 10.1 Å². The number of carbonyl (C=O) groups excluding carboxylic acids is 1. The van der Waals surface area contributed by atoms with Crippen LogP contribution in [0.2, 0.25) is 0 Å². The third-order valence-electron chi connectivity index (χ3n) is 3.38. The number of anilines is 1. The zero-order valence-electron chi connectivity index (χ0n) is 13.4. The van der Waals surface area contributed by atoms with Gasteiger partial charge in [0, 0.05) is 6.54 Å². The highest BCUT2D eigenvalue weighted by atomic mass is 32.1. The second-order valence-electron chi connectivity index (χ2n) is 5.12. The number of hydrogen-bond acceptors (Lipinski definition) is 5. The zero-order chi connectivity index (χ0) is 16.8. The molecule has 0 saturated heterocycles. The van der Waals surface area contributed by atoms with Crippen LogP contribution in [0.4, 0.5) is 5.13 Å². The number of hydrogen-bond donors (Lipinski definition) is 1. The molecule has 0 aliphatic rings. The van der Waals surface area contributed by atoms with Gasteiger partial charge in [0.1, 0.15) is 0 Å². The van der Waals surface area contributed by atoms with E-state index >= 15 is 0 Å². The molecule has 0 saturated carbocycles. The summed E-state index contributed by atoms with van der Waals surface area (Å²) < 4.78 is 5.99. The van der Waals surface area contributed by atoms with Crippen LogP contribution in [0, 0.1) is 0 Å². The van der Waals surface area contributed by atoms with Crippen molar-refractivity contribution < 1.29 is 9.53 Å². The molecule has 0 fully saturated rings. The van der Waals surface area contributed by atoms with Crippen LogP contribution in [0.1, 0.15) is 22.8 Å². The minimum Gasteiger partial charge on any atom is -0.462 e. The molecule has 0 aliphatic carbocycles. The molecule has 0 spiro atoms. The molecule has 122 valence electrons. The average Bonchev–Trinajstić information content (AvgIpc) is 3.02. The summed E-state index contributed by atoms with van der Waals surface area (Å²) in [4.78, 5) is 16.3. The normalized spacial score (nSPS) is 11.0. The fraction of sp³-hybridized carbons (Fsp3) is 0.158. The van der Waals surface area contributed by atoms with Gasteiger partial charge >= 0.3 is 5.97 Å². The molecule has 0 amide bonds. The highest BCUT2D eigenvalue weighted by molar-refractivity contribution is 7.22. The first-order valence-electron chi connectivity index (χ1n) is 7.79. The monoisotopic (exact) mass is 338 g/mol. The number of nitrogens with zero attached hydrogens (tertiary/aromatic N) is 1. The van der Waals surface area contributed by atoms with E-state index in [1.807, 2.05) is 30.3 Å². The average molecular weight is 338 g/mol. The molecule has 0 unspecified atom stereocenters. The zero-order valence-corrected chi connectivity index (χ0v) is 14.2. The van der Waals surface area contributed by atoms with Crippen LogP contribution in [-0.4, -0.2) is 24.1 Å². The van der Waals surface area contributed by atoms with Crippen LogP contribution in [0.3, 0.4) is 0 Å². The van der Waals surface area contributed by atoms with Gasteiger partial charge in [0.05, 0.1) is 22.4 Å². The molecule has 0 radical (unpaired) electrons. The predicted octanol–water partition coefficient (Wildman–Crippen LogP) is 4.60. The lowest BCUT2D eigenvalue weighted by Gasteiger charge is -2.00. The van der Waals surface area contributed by atoms with E-state index in [-0.39, 0.29) is 5.97 Å². The Morgan fingerprint density at radius 1 is 1.25 bits per heavy atom. The summed E-state index contributed by atoms with van der Waals surface area (Å²) in [6.45, 7) is 2.87. The Bertz CT molecular complexity index is 856. The van der Waals surface area contributed by atoms with Crippen molar-refractivity contribution in [1.29, 1.82) is 0 Å². The van der Waals surface area contributed by atoms with Crippen molar-refractivity contribution in [2.75, 3.05) is 18.5 Å². The third-order valence-corrected chi connectivity index (χ3v) is 4.36. The van der Waals surface area contributed by atoms with Crippen molar-refractivity contribution in [3.63, 3.8) is 0 Å². The maximum absolute atomic E-state index is 11.8. The Morgan fingerprint density at radius 3 is 2.88 bits per heavy atom. The molecular formula is C19H18N2O2S. The van der Waals surface area contributed by atoms with E-state index in [1.165, 1.54) is 16.9 Å². The van der Waals surface area contributed by atoms with Gasteiger partial charge in [-0.1, -0.05) is 53.8 Å². The second-order valence-corrected chi connectivity index (χ2v) is 6.15. The molecule has 4 nitrogen and oxygen atoms in total. The highest BCUT2D eigenvalue weighted by Gasteiger charge is 2.09. The predicted molar refractivity (Wildman–Crippen MR) is 99.5 cm³/mol. The standard InChI is InChI=1S/C19H18N2O2S/c1-2-23-18(22)15-10-11-16-17(13-15)24-19(21-16)20-12-6-9-14-7-4-3-5-8-14/h3-11,13H,2,12H2,1H3,(H,20,21)/b9-6+. The lowest BCUT2D eigenvalue weighted by Crippen LogP contribution is -2.03. The summed E-state index contributed by atoms with van der Waals surface area (Å²) in [6, 6.07) is 15.6. The van der Waals surface area contributed by atoms with Gasteiger partial charge in [0.25, 0.3) is 0 Å². The molecular weight excluding hydrogens is 320 g/mol. The van der Waals surface area contributed by atoms with Crippen LogP contribution in [0.25, 0.3) is 16.3 Å². The lowest BCUT2D eigenvalue weighted by molar-refractivity contribution is 0.0526. The van der Waals surface area contributed by atoms with Crippen molar-refractivity contribution in [3.8, 4) is 0 Å². The van der Waals surface area contributed by atoms with Crippen molar-refractivity contribution in [2.45, 2.75) is 6.92 Å². The topological polar surface area (TPSA) is 51.2 Å². The maximum atomic E-state index is 11.8. The number of benzene rings is 2. The van der Waals surface area contributed by atoms with Gasteiger partial charge in [0.15, 0.2) is 5.13 Å². The molecule has 1 aromatic heterocycles. The van der Waals surface area contributed by atoms with E-state index in [0.717, 1.165) is 15.3 Å². The summed E-state index contributed by atoms with van der Waals surface area (Å²) >= 11 is 1.53. The second kappa shape index (κ2) is 7.75. The number of nitrogens with one attached hydrogen (secondary N) is 1. The lowest BCUT2D eigenvalue weighted by atomic mass is 10.2. The first-order chi connectivity index (χ1) is 11.8. The largest absolute Gasteiger partial charge is 0.462 e. The number of carbonyl (C=O) groups is 1. The molecule has 0 bridgehead atoms. The van der Waals surface area contributed by atoms with E-state index < -0.39 is 0 Å². The fourth-order valence-electron chi connectivity index (χ4n) is 2.25. The number of aromatic nitrogens is 1. The van der Waals surface area contributed by atoms with Gasteiger partial charge in [-0.05, 0) is 30.7 Å². The Kier molecular flexibility index (Phi) is 5.23. The van der Waals surface area contributed by atoms with E-state index in [0.29, 0.717) is 18.7 Å². The van der Waals surface area contributed by atoms with Gasteiger partial charge in [-0.25, -0.2) is 9.78 Å². The third kappa shape index (κ3) is 4.00. The van der Waals surface area contributed by atoms with Crippen molar-refractivity contribution >= 4 is 38.7 Å². The van der Waals surface area contributed by atoms with E-state index in [1.54, 1.807) is 13.0 Å². The van der Waals surface area contributed by atoms with Crippen LogP contribution in [0.5, 0.6) is 0 Å². The molecule has 3 aromatic rings. The number of ether oxygens (including phenoxy) is 1. The van der Waals surface area contributed by atoms with Crippen LogP contribution in [-0.2, 0) is 4.74 Å². The molecule has 2 aromatic carbocycles. The molecule has 5 heteroatoms. The molecule has 0 atom stereocenters. The van der Waals surface area contributed by atoms with Crippen molar-refractivity contribution in [3.05, 3.63) is 65.7 Å². The quantitative estimate of drug-likeness (QED) is 0.668. The number of fused-ring (bicyclic) bond motifs is 1. The molecule has 1 heterocycles. The summed E-state index contributed by atoms with van der Waals surface area (Å²) in [5.41, 5.74) is 2.61. The summed E-state index contributed by atoms with van der Waals surface area (Å²) in [5, 5.41) is 4.12. The van der Waals surface area contributed by atoms with Crippen LogP contribution >= 0.6 is 11.3 Å². The Labute approximate surface area is 144 Å². The first kappa shape index (κ1) is 16.2. The molecule has 0 aliphatic heterocycles. The van der Waals surface area contributed by atoms with E-state index in [2.05, 4.69) is 34.6 Å². The highest BCUT2D eigenvalue weighted by Crippen LogP contribution is 2.27. The molecule has 3 rings (SSSR count). The summed E-state index contributed by atoms with van der Waals surface area (Å²) in [6.07, 6.45) is 4.13. The van der Waals surface area contributed by atoms with E-state index in [9.17, 15) is 4.79 Å². The first-order valence-corrected chi connectivity index (χ1v) is 8.61. The smallest absolute Gasteiger partial charge is 0.338 e. The Hall–Kier alpha value is -2.66. The summed E-state index contributed by atoms with van der Waals surface area (Å²) in [7, 11) is 0.